The fourth-order valence-corrected chi connectivity index (χ4v) is 2.64. The molecule has 0 aliphatic rings. The third-order valence-electron chi connectivity index (χ3n) is 3.91. The van der Waals surface area contributed by atoms with Gasteiger partial charge in [-0.25, -0.2) is 4.98 Å². The van der Waals surface area contributed by atoms with E-state index in [0.717, 1.165) is 40.3 Å². The van der Waals surface area contributed by atoms with Gasteiger partial charge in [-0.2, -0.15) is 0 Å². The number of benzene rings is 2. The highest BCUT2D eigenvalue weighted by atomic mass is 16.5. The average Bonchev–Trinajstić information content (AvgIpc) is 2.92. The number of rotatable bonds is 5. The first-order chi connectivity index (χ1) is 11.1. The summed E-state index contributed by atoms with van der Waals surface area (Å²) in [4.78, 5) is 4.61. The summed E-state index contributed by atoms with van der Waals surface area (Å²) in [5.74, 6) is 2.50. The van der Waals surface area contributed by atoms with Gasteiger partial charge in [0.2, 0.25) is 5.89 Å². The van der Waals surface area contributed by atoms with E-state index in [-0.39, 0.29) is 0 Å². The van der Waals surface area contributed by atoms with Gasteiger partial charge in [-0.15, -0.1) is 0 Å². The van der Waals surface area contributed by atoms with Gasteiger partial charge < -0.3 is 9.15 Å². The molecule has 23 heavy (non-hydrogen) atoms. The Kier molecular flexibility index (Phi) is 4.47. The number of para-hydroxylation sites is 1. The monoisotopic (exact) mass is 307 g/mol. The van der Waals surface area contributed by atoms with E-state index in [1.54, 1.807) is 0 Å². The Morgan fingerprint density at radius 1 is 0.913 bits per heavy atom. The molecule has 0 N–H and O–H groups in total. The van der Waals surface area contributed by atoms with Crippen LogP contribution in [0.25, 0.3) is 11.5 Å². The van der Waals surface area contributed by atoms with Crippen molar-refractivity contribution in [3.8, 4) is 17.2 Å². The van der Waals surface area contributed by atoms with E-state index in [1.165, 1.54) is 0 Å². The summed E-state index contributed by atoms with van der Waals surface area (Å²) >= 11 is 0. The Balaban J connectivity index is 1.69. The van der Waals surface area contributed by atoms with Gasteiger partial charge in [0.05, 0.1) is 12.3 Å². The van der Waals surface area contributed by atoms with Crippen LogP contribution in [0.3, 0.4) is 0 Å². The van der Waals surface area contributed by atoms with Crippen molar-refractivity contribution in [1.82, 2.24) is 4.98 Å². The van der Waals surface area contributed by atoms with Crippen LogP contribution in [0.2, 0.25) is 0 Å². The van der Waals surface area contributed by atoms with Gasteiger partial charge in [-0.3, -0.25) is 0 Å². The van der Waals surface area contributed by atoms with Gasteiger partial charge in [0.1, 0.15) is 11.5 Å². The number of nitrogens with zero attached hydrogens (tertiary/aromatic N) is 1. The zero-order valence-corrected chi connectivity index (χ0v) is 13.8. The van der Waals surface area contributed by atoms with E-state index in [2.05, 4.69) is 31.0 Å². The second-order valence-corrected chi connectivity index (χ2v) is 5.71. The lowest BCUT2D eigenvalue weighted by atomic mass is 10.1. The largest absolute Gasteiger partial charge is 0.493 e. The number of hydrogen-bond donors (Lipinski definition) is 0. The third kappa shape index (κ3) is 3.45. The lowest BCUT2D eigenvalue weighted by Crippen LogP contribution is -2.04. The fourth-order valence-electron chi connectivity index (χ4n) is 2.64. The molecule has 3 nitrogen and oxygen atoms in total. The zero-order valence-electron chi connectivity index (χ0n) is 13.8. The van der Waals surface area contributed by atoms with Gasteiger partial charge in [0.15, 0.2) is 0 Å². The fraction of sp³-hybridized carbons (Fsp3) is 0.250. The molecular weight excluding hydrogens is 286 g/mol. The number of hydrogen-bond acceptors (Lipinski definition) is 3. The van der Waals surface area contributed by atoms with Crippen LogP contribution >= 0.6 is 0 Å². The molecule has 0 radical (unpaired) electrons. The summed E-state index contributed by atoms with van der Waals surface area (Å²) in [6.45, 7) is 6.68. The molecule has 0 amide bonds. The van der Waals surface area contributed by atoms with E-state index >= 15 is 0 Å². The van der Waals surface area contributed by atoms with Crippen LogP contribution in [0.4, 0.5) is 0 Å². The highest BCUT2D eigenvalue weighted by molar-refractivity contribution is 5.53. The van der Waals surface area contributed by atoms with E-state index < -0.39 is 0 Å². The Labute approximate surface area is 136 Å². The number of oxazole rings is 1. The van der Waals surface area contributed by atoms with Crippen molar-refractivity contribution in [2.75, 3.05) is 6.61 Å². The van der Waals surface area contributed by atoms with Crippen molar-refractivity contribution in [3.63, 3.8) is 0 Å². The maximum Gasteiger partial charge on any atom is 0.226 e. The molecule has 0 atom stereocenters. The van der Waals surface area contributed by atoms with E-state index in [9.17, 15) is 0 Å². The first-order valence-electron chi connectivity index (χ1n) is 7.86. The van der Waals surface area contributed by atoms with Crippen LogP contribution < -0.4 is 4.74 Å². The Bertz CT molecular complexity index is 770. The molecular formula is C20H21NO2. The molecule has 0 aliphatic heterocycles. The highest BCUT2D eigenvalue weighted by Crippen LogP contribution is 2.24. The molecule has 1 aromatic heterocycles. The van der Waals surface area contributed by atoms with Gasteiger partial charge >= 0.3 is 0 Å². The summed E-state index contributed by atoms with van der Waals surface area (Å²) in [5.41, 5.74) is 4.27. The van der Waals surface area contributed by atoms with Crippen LogP contribution in [0.5, 0.6) is 5.75 Å². The summed E-state index contributed by atoms with van der Waals surface area (Å²) in [6.07, 6.45) is 0.732. The molecule has 3 heteroatoms. The predicted molar refractivity (Wildman–Crippen MR) is 91.8 cm³/mol. The third-order valence-corrected chi connectivity index (χ3v) is 3.91. The summed E-state index contributed by atoms with van der Waals surface area (Å²) in [6, 6.07) is 16.1. The quantitative estimate of drug-likeness (QED) is 0.673. The molecule has 0 saturated carbocycles. The van der Waals surface area contributed by atoms with Crippen LogP contribution in [-0.4, -0.2) is 11.6 Å². The molecule has 3 rings (SSSR count). The minimum atomic E-state index is 0.591. The van der Waals surface area contributed by atoms with Gasteiger partial charge in [-0.05, 0) is 44.0 Å². The molecule has 0 fully saturated rings. The zero-order chi connectivity index (χ0) is 16.2. The first-order valence-corrected chi connectivity index (χ1v) is 7.86. The smallest absolute Gasteiger partial charge is 0.226 e. The molecule has 1 heterocycles. The first kappa shape index (κ1) is 15.3. The molecule has 118 valence electrons. The maximum absolute atomic E-state index is 5.96. The van der Waals surface area contributed by atoms with Crippen molar-refractivity contribution >= 4 is 0 Å². The molecule has 0 unspecified atom stereocenters. The predicted octanol–water partition coefficient (Wildman–Crippen LogP) is 4.89. The van der Waals surface area contributed by atoms with Crippen molar-refractivity contribution in [1.29, 1.82) is 0 Å². The van der Waals surface area contributed by atoms with Crippen LogP contribution in [0, 0.1) is 20.8 Å². The summed E-state index contributed by atoms with van der Waals surface area (Å²) < 4.78 is 11.7. The molecule has 3 aromatic rings. The van der Waals surface area contributed by atoms with Crippen molar-refractivity contribution in [3.05, 3.63) is 71.1 Å². The van der Waals surface area contributed by atoms with Crippen molar-refractivity contribution < 1.29 is 9.15 Å². The molecule has 0 spiro atoms. The Morgan fingerprint density at radius 2 is 1.61 bits per heavy atom. The lowest BCUT2D eigenvalue weighted by molar-refractivity contribution is 0.315. The maximum atomic E-state index is 5.96. The van der Waals surface area contributed by atoms with Crippen LogP contribution in [0.1, 0.15) is 22.6 Å². The van der Waals surface area contributed by atoms with Crippen molar-refractivity contribution in [2.24, 2.45) is 0 Å². The second kappa shape index (κ2) is 6.69. The molecule has 0 saturated heterocycles. The normalized spacial score (nSPS) is 10.7. The summed E-state index contributed by atoms with van der Waals surface area (Å²) in [7, 11) is 0. The minimum Gasteiger partial charge on any atom is -0.493 e. The minimum absolute atomic E-state index is 0.591. The molecule has 2 aromatic carbocycles. The number of ether oxygens (including phenoxy) is 1. The van der Waals surface area contributed by atoms with E-state index in [0.29, 0.717) is 12.5 Å². The van der Waals surface area contributed by atoms with Gasteiger partial charge in [0.25, 0.3) is 0 Å². The second-order valence-electron chi connectivity index (χ2n) is 5.71. The van der Waals surface area contributed by atoms with Crippen LogP contribution in [0.15, 0.2) is 52.9 Å². The Hall–Kier alpha value is -2.55. The average molecular weight is 307 g/mol. The number of aromatic nitrogens is 1. The topological polar surface area (TPSA) is 35.3 Å². The van der Waals surface area contributed by atoms with E-state index in [1.807, 2.05) is 43.3 Å². The number of aryl methyl sites for hydroxylation is 3. The van der Waals surface area contributed by atoms with Crippen LogP contribution in [-0.2, 0) is 6.42 Å². The van der Waals surface area contributed by atoms with Gasteiger partial charge in [0, 0.05) is 12.0 Å². The van der Waals surface area contributed by atoms with E-state index in [4.69, 9.17) is 9.15 Å². The SMILES string of the molecule is Cc1cccc(C)c1OCCc1nc(-c2ccccc2)oc1C. The molecule has 0 bridgehead atoms. The van der Waals surface area contributed by atoms with Gasteiger partial charge in [-0.1, -0.05) is 36.4 Å². The van der Waals surface area contributed by atoms with Crippen molar-refractivity contribution in [2.45, 2.75) is 27.2 Å². The lowest BCUT2D eigenvalue weighted by Gasteiger charge is -2.11. The standard InChI is InChI=1S/C20H21NO2/c1-14-8-7-9-15(2)19(14)22-13-12-18-16(3)23-20(21-18)17-10-5-4-6-11-17/h4-11H,12-13H2,1-3H3. The summed E-state index contributed by atoms with van der Waals surface area (Å²) in [5, 5.41) is 0. The highest BCUT2D eigenvalue weighted by Gasteiger charge is 2.11. The molecule has 0 aliphatic carbocycles. The Morgan fingerprint density at radius 3 is 2.30 bits per heavy atom.